The molecular formula is C27H32N2O4. The Morgan fingerprint density at radius 3 is 2.36 bits per heavy atom. The molecule has 6 nitrogen and oxygen atoms in total. The Morgan fingerprint density at radius 1 is 1.06 bits per heavy atom. The second-order valence-corrected chi connectivity index (χ2v) is 8.80. The van der Waals surface area contributed by atoms with Crippen LogP contribution in [0.15, 0.2) is 53.3 Å². The van der Waals surface area contributed by atoms with Crippen molar-refractivity contribution in [1.82, 2.24) is 9.13 Å². The van der Waals surface area contributed by atoms with Crippen LogP contribution in [0.1, 0.15) is 72.1 Å². The minimum Gasteiger partial charge on any atom is -0.478 e. The molecule has 6 heteroatoms. The zero-order valence-corrected chi connectivity index (χ0v) is 19.6. The molecule has 3 aromatic rings. The molecule has 0 aliphatic heterocycles. The number of hydrogen-bond acceptors (Lipinski definition) is 3. The molecule has 1 N–H and O–H groups in total. The summed E-state index contributed by atoms with van der Waals surface area (Å²) in [6, 6.07) is 14.5. The second kappa shape index (κ2) is 10.9. The van der Waals surface area contributed by atoms with Gasteiger partial charge >= 0.3 is 11.7 Å². The maximum Gasteiger partial charge on any atom is 0.336 e. The van der Waals surface area contributed by atoms with Crippen molar-refractivity contribution >= 4 is 12.3 Å². The van der Waals surface area contributed by atoms with E-state index < -0.39 is 5.97 Å². The molecule has 33 heavy (non-hydrogen) atoms. The third-order valence-corrected chi connectivity index (χ3v) is 5.94. The number of imidazole rings is 1. The molecule has 3 rings (SSSR count). The van der Waals surface area contributed by atoms with Crippen molar-refractivity contribution in [2.45, 2.75) is 59.5 Å². The lowest BCUT2D eigenvalue weighted by Gasteiger charge is -2.11. The van der Waals surface area contributed by atoms with Crippen molar-refractivity contribution < 1.29 is 14.7 Å². The van der Waals surface area contributed by atoms with Gasteiger partial charge in [-0.1, -0.05) is 69.7 Å². The lowest BCUT2D eigenvalue weighted by molar-refractivity contribution is 0.0697. The fraction of sp³-hybridized carbons (Fsp3) is 0.370. The van der Waals surface area contributed by atoms with Gasteiger partial charge in [0.1, 0.15) is 5.69 Å². The minimum absolute atomic E-state index is 0.149. The maximum atomic E-state index is 13.2. The van der Waals surface area contributed by atoms with Crippen LogP contribution in [0, 0.1) is 5.92 Å². The van der Waals surface area contributed by atoms with Crippen molar-refractivity contribution in [3.8, 4) is 11.1 Å². The molecule has 0 amide bonds. The minimum atomic E-state index is -0.967. The maximum absolute atomic E-state index is 13.2. The second-order valence-electron chi connectivity index (χ2n) is 8.80. The van der Waals surface area contributed by atoms with E-state index in [4.69, 9.17) is 0 Å². The highest BCUT2D eigenvalue weighted by molar-refractivity contribution is 5.96. The van der Waals surface area contributed by atoms with E-state index in [0.717, 1.165) is 42.4 Å². The van der Waals surface area contributed by atoms with Crippen LogP contribution in [0.25, 0.3) is 11.1 Å². The molecule has 2 aromatic carbocycles. The molecule has 0 radical (unpaired) electrons. The first kappa shape index (κ1) is 24.2. The zero-order valence-electron chi connectivity index (χ0n) is 19.6. The van der Waals surface area contributed by atoms with E-state index in [-0.39, 0.29) is 11.3 Å². The first-order chi connectivity index (χ1) is 15.9. The number of aromatic carboxylic acids is 1. The van der Waals surface area contributed by atoms with Gasteiger partial charge in [0.25, 0.3) is 0 Å². The Morgan fingerprint density at radius 2 is 1.76 bits per heavy atom. The number of aldehydes is 1. The van der Waals surface area contributed by atoms with Crippen molar-refractivity contribution in [3.63, 3.8) is 0 Å². The summed E-state index contributed by atoms with van der Waals surface area (Å²) in [5.41, 5.74) is 3.76. The average Bonchev–Trinajstić information content (AvgIpc) is 3.06. The van der Waals surface area contributed by atoms with Gasteiger partial charge in [-0.2, -0.15) is 0 Å². The number of hydrogen-bond donors (Lipinski definition) is 1. The van der Waals surface area contributed by atoms with E-state index in [2.05, 4.69) is 20.8 Å². The summed E-state index contributed by atoms with van der Waals surface area (Å²) >= 11 is 0. The summed E-state index contributed by atoms with van der Waals surface area (Å²) in [5.74, 6) is -0.508. The van der Waals surface area contributed by atoms with Gasteiger partial charge in [0.15, 0.2) is 6.29 Å². The van der Waals surface area contributed by atoms with Gasteiger partial charge in [-0.3, -0.25) is 13.9 Å². The molecule has 0 fully saturated rings. The Labute approximate surface area is 194 Å². The molecule has 0 saturated carbocycles. The van der Waals surface area contributed by atoms with E-state index in [1.165, 1.54) is 0 Å². The van der Waals surface area contributed by atoms with Crippen molar-refractivity contribution in [2.24, 2.45) is 5.92 Å². The number of carbonyl (C=O) groups excluding carboxylic acids is 1. The number of carbonyl (C=O) groups is 2. The van der Waals surface area contributed by atoms with Crippen LogP contribution < -0.4 is 5.69 Å². The number of carboxylic acids is 1. The molecule has 1 aromatic heterocycles. The molecule has 174 valence electrons. The Hall–Kier alpha value is -3.41. The number of benzene rings is 2. The standard InChI is InChI=1S/C27H32N2O4/c1-4-5-16-28-25(18-30)24(15-10-19(2)3)29(27(28)33)17-20-11-13-21(14-12-20)22-8-6-7-9-23(22)26(31)32/h6-9,11-14,18-19H,4-5,10,15-17H2,1-3H3,(H,31,32). The van der Waals surface area contributed by atoms with Gasteiger partial charge < -0.3 is 5.11 Å². The molecule has 0 bridgehead atoms. The molecule has 0 aliphatic carbocycles. The van der Waals surface area contributed by atoms with Gasteiger partial charge in [-0.15, -0.1) is 0 Å². The third-order valence-electron chi connectivity index (χ3n) is 5.94. The first-order valence-corrected chi connectivity index (χ1v) is 11.6. The molecule has 0 aliphatic rings. The summed E-state index contributed by atoms with van der Waals surface area (Å²) in [5, 5.41) is 9.47. The van der Waals surface area contributed by atoms with E-state index in [0.29, 0.717) is 36.7 Å². The zero-order chi connectivity index (χ0) is 24.0. The summed E-state index contributed by atoms with van der Waals surface area (Å²) in [7, 11) is 0. The SMILES string of the molecule is CCCCn1c(C=O)c(CCC(C)C)n(Cc2ccc(-c3ccccc3C(=O)O)cc2)c1=O. The van der Waals surface area contributed by atoms with Crippen molar-refractivity contribution in [1.29, 1.82) is 0 Å². The summed E-state index contributed by atoms with van der Waals surface area (Å²) in [6.45, 7) is 7.23. The number of unbranched alkanes of at least 4 members (excludes halogenated alkanes) is 1. The predicted molar refractivity (Wildman–Crippen MR) is 130 cm³/mol. The number of carboxylic acid groups (broad SMARTS) is 1. The number of aromatic nitrogens is 2. The topological polar surface area (TPSA) is 81.3 Å². The molecule has 0 spiro atoms. The Bertz CT molecular complexity index is 1170. The van der Waals surface area contributed by atoms with Crippen LogP contribution in [0.3, 0.4) is 0 Å². The molecule has 0 unspecified atom stereocenters. The average molecular weight is 449 g/mol. The number of nitrogens with zero attached hydrogens (tertiary/aromatic N) is 2. The highest BCUT2D eigenvalue weighted by atomic mass is 16.4. The van der Waals surface area contributed by atoms with Crippen LogP contribution in [0.2, 0.25) is 0 Å². The molecular weight excluding hydrogens is 416 g/mol. The van der Waals surface area contributed by atoms with Crippen LogP contribution in [0.4, 0.5) is 0 Å². The molecule has 1 heterocycles. The van der Waals surface area contributed by atoms with Gasteiger partial charge in [0.05, 0.1) is 17.8 Å². The van der Waals surface area contributed by atoms with E-state index >= 15 is 0 Å². The van der Waals surface area contributed by atoms with Gasteiger partial charge in [0.2, 0.25) is 0 Å². The van der Waals surface area contributed by atoms with Crippen LogP contribution in [-0.2, 0) is 19.5 Å². The summed E-state index contributed by atoms with van der Waals surface area (Å²) in [4.78, 5) is 36.7. The van der Waals surface area contributed by atoms with Crippen LogP contribution >= 0.6 is 0 Å². The fourth-order valence-corrected chi connectivity index (χ4v) is 4.07. The highest BCUT2D eigenvalue weighted by Crippen LogP contribution is 2.24. The van der Waals surface area contributed by atoms with E-state index in [1.54, 1.807) is 27.3 Å². The lowest BCUT2D eigenvalue weighted by atomic mass is 9.98. The van der Waals surface area contributed by atoms with Crippen molar-refractivity contribution in [2.75, 3.05) is 0 Å². The van der Waals surface area contributed by atoms with Gasteiger partial charge in [0, 0.05) is 6.54 Å². The largest absolute Gasteiger partial charge is 0.478 e. The Kier molecular flexibility index (Phi) is 8.04. The van der Waals surface area contributed by atoms with Gasteiger partial charge in [-0.05, 0) is 47.9 Å². The lowest BCUT2D eigenvalue weighted by Crippen LogP contribution is -2.26. The highest BCUT2D eigenvalue weighted by Gasteiger charge is 2.20. The van der Waals surface area contributed by atoms with Crippen molar-refractivity contribution in [3.05, 3.63) is 81.5 Å². The third kappa shape index (κ3) is 5.51. The molecule has 0 saturated heterocycles. The van der Waals surface area contributed by atoms with Crippen LogP contribution in [-0.4, -0.2) is 26.5 Å². The monoisotopic (exact) mass is 448 g/mol. The fourth-order valence-electron chi connectivity index (χ4n) is 4.07. The van der Waals surface area contributed by atoms with E-state index in [9.17, 15) is 19.5 Å². The number of rotatable bonds is 11. The first-order valence-electron chi connectivity index (χ1n) is 11.6. The predicted octanol–water partition coefficient (Wildman–Crippen LogP) is 5.26. The summed E-state index contributed by atoms with van der Waals surface area (Å²) in [6.07, 6.45) is 4.16. The molecule has 0 atom stereocenters. The quantitative estimate of drug-likeness (QED) is 0.406. The van der Waals surface area contributed by atoms with E-state index in [1.807, 2.05) is 30.3 Å². The normalized spacial score (nSPS) is 11.2. The smallest absolute Gasteiger partial charge is 0.336 e. The summed E-state index contributed by atoms with van der Waals surface area (Å²) < 4.78 is 3.34. The van der Waals surface area contributed by atoms with Gasteiger partial charge in [-0.25, -0.2) is 9.59 Å². The Balaban J connectivity index is 1.97. The van der Waals surface area contributed by atoms with Crippen LogP contribution in [0.5, 0.6) is 0 Å².